The molecular formula is C22H21N3O3. The second-order valence-corrected chi connectivity index (χ2v) is 6.41. The minimum atomic E-state index is -0.440. The Morgan fingerprint density at radius 1 is 1.18 bits per heavy atom. The van der Waals surface area contributed by atoms with Crippen molar-refractivity contribution in [2.75, 3.05) is 18.5 Å². The van der Waals surface area contributed by atoms with Crippen LogP contribution in [0.2, 0.25) is 0 Å². The van der Waals surface area contributed by atoms with E-state index in [1.807, 2.05) is 54.6 Å². The summed E-state index contributed by atoms with van der Waals surface area (Å²) in [6.07, 6.45) is 2.30. The van der Waals surface area contributed by atoms with Crippen LogP contribution in [0.1, 0.15) is 35.3 Å². The third kappa shape index (κ3) is 3.67. The zero-order valence-electron chi connectivity index (χ0n) is 15.6. The van der Waals surface area contributed by atoms with Gasteiger partial charge in [0, 0.05) is 23.7 Å². The number of rotatable bonds is 5. The van der Waals surface area contributed by atoms with Gasteiger partial charge in [-0.3, -0.25) is 0 Å². The van der Waals surface area contributed by atoms with Crippen LogP contribution in [-0.4, -0.2) is 29.2 Å². The lowest BCUT2D eigenvalue weighted by molar-refractivity contribution is 0.0526. The minimum Gasteiger partial charge on any atom is -0.493 e. The van der Waals surface area contributed by atoms with Gasteiger partial charge in [-0.2, -0.15) is 0 Å². The van der Waals surface area contributed by atoms with Crippen LogP contribution >= 0.6 is 0 Å². The summed E-state index contributed by atoms with van der Waals surface area (Å²) in [5, 5.41) is 3.42. The van der Waals surface area contributed by atoms with Crippen LogP contribution in [0.3, 0.4) is 0 Å². The fourth-order valence-corrected chi connectivity index (χ4v) is 3.23. The van der Waals surface area contributed by atoms with Crippen LogP contribution in [0.5, 0.6) is 5.75 Å². The van der Waals surface area contributed by atoms with Crippen molar-refractivity contribution in [2.24, 2.45) is 0 Å². The number of ether oxygens (including phenoxy) is 2. The van der Waals surface area contributed by atoms with Gasteiger partial charge in [-0.1, -0.05) is 48.5 Å². The third-order valence-electron chi connectivity index (χ3n) is 4.59. The van der Waals surface area contributed by atoms with Gasteiger partial charge in [0.25, 0.3) is 0 Å². The molecule has 0 aliphatic carbocycles. The summed E-state index contributed by atoms with van der Waals surface area (Å²) in [6, 6.07) is 17.6. The number of nitrogens with one attached hydrogen (secondary N) is 1. The first-order valence-electron chi connectivity index (χ1n) is 9.34. The second kappa shape index (κ2) is 8.08. The van der Waals surface area contributed by atoms with Gasteiger partial charge >= 0.3 is 5.97 Å². The third-order valence-corrected chi connectivity index (χ3v) is 4.59. The van der Waals surface area contributed by atoms with Gasteiger partial charge in [-0.15, -0.1) is 0 Å². The Balaban J connectivity index is 1.72. The first-order chi connectivity index (χ1) is 13.8. The van der Waals surface area contributed by atoms with Gasteiger partial charge < -0.3 is 14.8 Å². The fourth-order valence-electron chi connectivity index (χ4n) is 3.23. The topological polar surface area (TPSA) is 73.3 Å². The van der Waals surface area contributed by atoms with E-state index in [2.05, 4.69) is 15.3 Å². The van der Waals surface area contributed by atoms with Gasteiger partial charge in [0.05, 0.1) is 19.3 Å². The molecule has 6 nitrogen and oxygen atoms in total. The molecule has 1 aliphatic heterocycles. The van der Waals surface area contributed by atoms with E-state index in [4.69, 9.17) is 9.47 Å². The Morgan fingerprint density at radius 3 is 2.79 bits per heavy atom. The van der Waals surface area contributed by atoms with E-state index >= 15 is 0 Å². The quantitative estimate of drug-likeness (QED) is 0.672. The molecule has 1 unspecified atom stereocenters. The highest BCUT2D eigenvalue weighted by Gasteiger charge is 2.24. The molecule has 0 radical (unpaired) electrons. The van der Waals surface area contributed by atoms with Crippen LogP contribution < -0.4 is 10.1 Å². The molecule has 1 aromatic heterocycles. The van der Waals surface area contributed by atoms with Gasteiger partial charge in [-0.05, 0) is 13.0 Å². The number of carbonyl (C=O) groups excluding carboxylic acids is 1. The molecule has 4 rings (SSSR count). The average molecular weight is 375 g/mol. The van der Waals surface area contributed by atoms with Crippen LogP contribution in [0.4, 0.5) is 5.82 Å². The number of fused-ring (bicyclic) bond motifs is 1. The zero-order valence-corrected chi connectivity index (χ0v) is 15.6. The normalized spacial score (nSPS) is 15.2. The van der Waals surface area contributed by atoms with Crippen LogP contribution in [0.15, 0.2) is 60.8 Å². The molecule has 6 heteroatoms. The number of anilines is 1. The molecule has 0 saturated heterocycles. The molecule has 28 heavy (non-hydrogen) atoms. The predicted molar refractivity (Wildman–Crippen MR) is 106 cm³/mol. The number of para-hydroxylation sites is 1. The first kappa shape index (κ1) is 18.0. The standard InChI is InChI=1S/C22H21N3O3/c1-2-27-22(26)17-14-23-20(15-8-4-3-5-9-15)25-21(17)24-18-12-13-28-19-11-7-6-10-16(18)19/h3-11,14,18H,2,12-13H2,1H3,(H,23,24,25). The number of benzene rings is 2. The lowest BCUT2D eigenvalue weighted by atomic mass is 10.0. The molecule has 1 aliphatic rings. The van der Waals surface area contributed by atoms with Gasteiger partial charge in [0.1, 0.15) is 17.1 Å². The molecule has 0 fully saturated rings. The maximum Gasteiger partial charge on any atom is 0.343 e. The van der Waals surface area contributed by atoms with E-state index in [-0.39, 0.29) is 6.04 Å². The van der Waals surface area contributed by atoms with E-state index < -0.39 is 5.97 Å². The zero-order chi connectivity index (χ0) is 19.3. The van der Waals surface area contributed by atoms with Gasteiger partial charge in [0.15, 0.2) is 5.82 Å². The largest absolute Gasteiger partial charge is 0.493 e. The van der Waals surface area contributed by atoms with Crippen LogP contribution in [-0.2, 0) is 4.74 Å². The molecule has 3 aromatic rings. The van der Waals surface area contributed by atoms with E-state index in [0.29, 0.717) is 30.4 Å². The average Bonchev–Trinajstić information content (AvgIpc) is 2.75. The maximum atomic E-state index is 12.4. The summed E-state index contributed by atoms with van der Waals surface area (Å²) in [5.41, 5.74) is 2.25. The van der Waals surface area contributed by atoms with Crippen molar-refractivity contribution in [2.45, 2.75) is 19.4 Å². The molecule has 0 saturated carbocycles. The fraction of sp³-hybridized carbons (Fsp3) is 0.227. The second-order valence-electron chi connectivity index (χ2n) is 6.41. The van der Waals surface area contributed by atoms with E-state index in [9.17, 15) is 4.79 Å². The molecular weight excluding hydrogens is 354 g/mol. The number of esters is 1. The van der Waals surface area contributed by atoms with Crippen molar-refractivity contribution < 1.29 is 14.3 Å². The van der Waals surface area contributed by atoms with E-state index in [1.165, 1.54) is 6.20 Å². The molecule has 0 spiro atoms. The molecule has 0 amide bonds. The lowest BCUT2D eigenvalue weighted by Gasteiger charge is -2.27. The van der Waals surface area contributed by atoms with E-state index in [1.54, 1.807) is 6.92 Å². The van der Waals surface area contributed by atoms with Crippen molar-refractivity contribution in [1.82, 2.24) is 9.97 Å². The smallest absolute Gasteiger partial charge is 0.343 e. The molecule has 142 valence electrons. The molecule has 1 atom stereocenters. The number of carbonyl (C=O) groups is 1. The molecule has 1 N–H and O–H groups in total. The summed E-state index contributed by atoms with van der Waals surface area (Å²) in [5.74, 6) is 1.43. The Morgan fingerprint density at radius 2 is 1.96 bits per heavy atom. The summed E-state index contributed by atoms with van der Waals surface area (Å²) >= 11 is 0. The number of hydrogen-bond acceptors (Lipinski definition) is 6. The van der Waals surface area contributed by atoms with Gasteiger partial charge in [0.2, 0.25) is 0 Å². The Kier molecular flexibility index (Phi) is 5.19. The summed E-state index contributed by atoms with van der Waals surface area (Å²) in [6.45, 7) is 2.66. The highest BCUT2D eigenvalue weighted by molar-refractivity contribution is 5.94. The SMILES string of the molecule is CCOC(=O)c1cnc(-c2ccccc2)nc1NC1CCOc2ccccc21. The maximum absolute atomic E-state index is 12.4. The monoisotopic (exact) mass is 375 g/mol. The highest BCUT2D eigenvalue weighted by Crippen LogP contribution is 2.34. The van der Waals surface area contributed by atoms with E-state index in [0.717, 1.165) is 23.3 Å². The van der Waals surface area contributed by atoms with Crippen molar-refractivity contribution in [3.05, 3.63) is 71.9 Å². The Bertz CT molecular complexity index is 976. The van der Waals surface area contributed by atoms with Crippen molar-refractivity contribution in [3.63, 3.8) is 0 Å². The number of aromatic nitrogens is 2. The molecule has 2 aromatic carbocycles. The molecule has 0 bridgehead atoms. The Labute approximate surface area is 163 Å². The first-order valence-corrected chi connectivity index (χ1v) is 9.34. The summed E-state index contributed by atoms with van der Waals surface area (Å²) in [7, 11) is 0. The summed E-state index contributed by atoms with van der Waals surface area (Å²) in [4.78, 5) is 21.5. The highest BCUT2D eigenvalue weighted by atomic mass is 16.5. The van der Waals surface area contributed by atoms with Crippen molar-refractivity contribution in [3.8, 4) is 17.1 Å². The van der Waals surface area contributed by atoms with Gasteiger partial charge in [-0.25, -0.2) is 14.8 Å². The van der Waals surface area contributed by atoms with Crippen molar-refractivity contribution in [1.29, 1.82) is 0 Å². The molecule has 2 heterocycles. The Hall–Kier alpha value is -3.41. The minimum absolute atomic E-state index is 0.0170. The summed E-state index contributed by atoms with van der Waals surface area (Å²) < 4.78 is 10.9. The van der Waals surface area contributed by atoms with Crippen molar-refractivity contribution >= 4 is 11.8 Å². The van der Waals surface area contributed by atoms with Crippen LogP contribution in [0.25, 0.3) is 11.4 Å². The predicted octanol–water partition coefficient (Wildman–Crippen LogP) is 4.26. The number of nitrogens with zero attached hydrogens (tertiary/aromatic N) is 2. The lowest BCUT2D eigenvalue weighted by Crippen LogP contribution is -2.22. The van der Waals surface area contributed by atoms with Crippen LogP contribution in [0, 0.1) is 0 Å². The number of hydrogen-bond donors (Lipinski definition) is 1.